The molecule has 0 heterocycles. The number of hydrogen-bond donors (Lipinski definition) is 0. The molecular weight excluding hydrogens is 357 g/mol. The first-order chi connectivity index (χ1) is 8.45. The minimum absolute atomic E-state index is 0.129. The highest BCUT2D eigenvalue weighted by Gasteiger charge is 2.21. The van der Waals surface area contributed by atoms with Gasteiger partial charge in [0.25, 0.3) is 0 Å². The highest BCUT2D eigenvalue weighted by Crippen LogP contribution is 2.49. The van der Waals surface area contributed by atoms with E-state index in [0.717, 1.165) is 0 Å². The lowest BCUT2D eigenvalue weighted by molar-refractivity contribution is 1.61. The molecule has 18 heavy (non-hydrogen) atoms. The predicted octanol–water partition coefficient (Wildman–Crippen LogP) is 7.27. The van der Waals surface area contributed by atoms with Crippen molar-refractivity contribution in [2.45, 2.75) is 0 Å². The normalized spacial score (nSPS) is 10.8. The molecule has 2 rings (SSSR count). The van der Waals surface area contributed by atoms with Gasteiger partial charge in [-0.3, -0.25) is 0 Å². The van der Waals surface area contributed by atoms with Crippen LogP contribution in [-0.2, 0) is 0 Å². The van der Waals surface area contributed by atoms with Gasteiger partial charge in [-0.1, -0.05) is 87.8 Å². The van der Waals surface area contributed by atoms with Crippen molar-refractivity contribution in [1.29, 1.82) is 0 Å². The molecule has 0 fully saturated rings. The summed E-state index contributed by atoms with van der Waals surface area (Å²) in [6.45, 7) is 0. The van der Waals surface area contributed by atoms with E-state index in [1.54, 1.807) is 18.2 Å². The van der Waals surface area contributed by atoms with Crippen LogP contribution in [0.15, 0.2) is 24.3 Å². The summed E-state index contributed by atoms with van der Waals surface area (Å²) in [7, 11) is 0. The molecule has 0 saturated carbocycles. The van der Waals surface area contributed by atoms with Crippen LogP contribution in [0.25, 0.3) is 11.1 Å². The van der Waals surface area contributed by atoms with Crippen LogP contribution in [0.5, 0.6) is 0 Å². The summed E-state index contributed by atoms with van der Waals surface area (Å²) >= 11 is 36.4. The van der Waals surface area contributed by atoms with Gasteiger partial charge in [0.1, 0.15) is 0 Å². The number of rotatable bonds is 1. The highest BCUT2D eigenvalue weighted by molar-refractivity contribution is 6.56. The second kappa shape index (κ2) is 5.66. The van der Waals surface area contributed by atoms with Crippen molar-refractivity contribution in [2.75, 3.05) is 0 Å². The predicted molar refractivity (Wildman–Crippen MR) is 81.9 cm³/mol. The minimum atomic E-state index is 0.129. The second-order valence-electron chi connectivity index (χ2n) is 3.42. The van der Waals surface area contributed by atoms with Gasteiger partial charge >= 0.3 is 0 Å². The summed E-state index contributed by atoms with van der Waals surface area (Å²) < 4.78 is 0. The SMILES string of the molecule is Clc1ccccc1-c1c(Cl)c(Cl)c(Cl)c(Cl)c1Cl. The van der Waals surface area contributed by atoms with E-state index in [9.17, 15) is 0 Å². The summed E-state index contributed by atoms with van der Waals surface area (Å²) in [5.41, 5.74) is 1.12. The van der Waals surface area contributed by atoms with Gasteiger partial charge < -0.3 is 0 Å². The van der Waals surface area contributed by atoms with E-state index in [-0.39, 0.29) is 25.1 Å². The lowest BCUT2D eigenvalue weighted by atomic mass is 10.1. The topological polar surface area (TPSA) is 0 Å². The number of hydrogen-bond acceptors (Lipinski definition) is 0. The first-order valence-electron chi connectivity index (χ1n) is 4.71. The Bertz CT molecular complexity index is 591. The molecule has 0 spiro atoms. The fourth-order valence-corrected chi connectivity index (χ4v) is 3.08. The molecule has 0 N–H and O–H groups in total. The Balaban J connectivity index is 2.85. The van der Waals surface area contributed by atoms with E-state index >= 15 is 0 Å². The molecule has 94 valence electrons. The molecule has 0 aliphatic rings. The van der Waals surface area contributed by atoms with Gasteiger partial charge in [0.2, 0.25) is 0 Å². The van der Waals surface area contributed by atoms with Crippen molar-refractivity contribution in [3.8, 4) is 11.1 Å². The fraction of sp³-hybridized carbons (Fsp3) is 0. The van der Waals surface area contributed by atoms with Crippen molar-refractivity contribution in [3.05, 3.63) is 54.4 Å². The molecule has 2 aromatic carbocycles. The summed E-state index contributed by atoms with van der Waals surface area (Å²) in [6, 6.07) is 7.10. The molecule has 2 aromatic rings. The maximum Gasteiger partial charge on any atom is 0.0809 e. The van der Waals surface area contributed by atoms with Crippen LogP contribution in [-0.4, -0.2) is 0 Å². The summed E-state index contributed by atoms with van der Waals surface area (Å²) in [5.74, 6) is 0. The van der Waals surface area contributed by atoms with Crippen LogP contribution in [0.2, 0.25) is 30.1 Å². The zero-order valence-corrected chi connectivity index (χ0v) is 13.1. The molecule has 0 aromatic heterocycles. The van der Waals surface area contributed by atoms with E-state index in [2.05, 4.69) is 0 Å². The minimum Gasteiger partial charge on any atom is -0.0837 e. The second-order valence-corrected chi connectivity index (χ2v) is 5.72. The van der Waals surface area contributed by atoms with Gasteiger partial charge in [-0.2, -0.15) is 0 Å². The van der Waals surface area contributed by atoms with Crippen molar-refractivity contribution in [1.82, 2.24) is 0 Å². The molecule has 0 nitrogen and oxygen atoms in total. The van der Waals surface area contributed by atoms with Crippen molar-refractivity contribution >= 4 is 69.6 Å². The van der Waals surface area contributed by atoms with E-state index in [4.69, 9.17) is 69.6 Å². The Hall–Kier alpha value is 0.180. The maximum atomic E-state index is 6.16. The summed E-state index contributed by atoms with van der Waals surface area (Å²) in [5, 5.41) is 1.39. The maximum absolute atomic E-state index is 6.16. The first-order valence-corrected chi connectivity index (χ1v) is 6.98. The number of benzene rings is 2. The third-order valence-electron chi connectivity index (χ3n) is 2.35. The van der Waals surface area contributed by atoms with Gasteiger partial charge in [0, 0.05) is 16.1 Å². The zero-order chi connectivity index (χ0) is 13.4. The molecule has 0 bridgehead atoms. The smallest absolute Gasteiger partial charge is 0.0809 e. The van der Waals surface area contributed by atoms with E-state index in [1.807, 2.05) is 6.07 Å². The first kappa shape index (κ1) is 14.6. The van der Waals surface area contributed by atoms with Crippen molar-refractivity contribution in [2.24, 2.45) is 0 Å². The van der Waals surface area contributed by atoms with Gasteiger partial charge in [0.15, 0.2) is 0 Å². The van der Waals surface area contributed by atoms with Crippen LogP contribution in [0.1, 0.15) is 0 Å². The molecule has 0 saturated heterocycles. The Labute approximate surface area is 134 Å². The van der Waals surface area contributed by atoms with Gasteiger partial charge in [-0.15, -0.1) is 0 Å². The third-order valence-corrected chi connectivity index (χ3v) is 4.96. The molecular formula is C12H4Cl6. The molecule has 0 unspecified atom stereocenters. The van der Waals surface area contributed by atoms with E-state index in [0.29, 0.717) is 16.1 Å². The molecule has 6 heteroatoms. The fourth-order valence-electron chi connectivity index (χ4n) is 1.51. The van der Waals surface area contributed by atoms with Crippen LogP contribution < -0.4 is 0 Å². The lowest BCUT2D eigenvalue weighted by Crippen LogP contribution is -1.87. The van der Waals surface area contributed by atoms with Crippen LogP contribution in [0, 0.1) is 0 Å². The quantitative estimate of drug-likeness (QED) is 0.370. The third kappa shape index (κ3) is 2.43. The molecule has 0 radical (unpaired) electrons. The van der Waals surface area contributed by atoms with E-state index < -0.39 is 0 Å². The van der Waals surface area contributed by atoms with Gasteiger partial charge in [-0.05, 0) is 6.07 Å². The van der Waals surface area contributed by atoms with Crippen LogP contribution >= 0.6 is 69.6 Å². The average molecular weight is 361 g/mol. The number of halogens is 6. The summed E-state index contributed by atoms with van der Waals surface area (Å²) in [6.07, 6.45) is 0. The molecule has 0 aliphatic carbocycles. The molecule has 0 amide bonds. The van der Waals surface area contributed by atoms with Crippen molar-refractivity contribution < 1.29 is 0 Å². The van der Waals surface area contributed by atoms with E-state index in [1.165, 1.54) is 0 Å². The Morgan fingerprint density at radius 2 is 1.00 bits per heavy atom. The van der Waals surface area contributed by atoms with Gasteiger partial charge in [0.05, 0.1) is 25.1 Å². The largest absolute Gasteiger partial charge is 0.0837 e. The van der Waals surface area contributed by atoms with Crippen LogP contribution in [0.3, 0.4) is 0 Å². The Morgan fingerprint density at radius 3 is 1.50 bits per heavy atom. The van der Waals surface area contributed by atoms with Gasteiger partial charge in [-0.25, -0.2) is 0 Å². The monoisotopic (exact) mass is 358 g/mol. The highest BCUT2D eigenvalue weighted by atomic mass is 35.5. The molecule has 0 aliphatic heterocycles. The average Bonchev–Trinajstić information content (AvgIpc) is 2.36. The van der Waals surface area contributed by atoms with Crippen molar-refractivity contribution in [3.63, 3.8) is 0 Å². The zero-order valence-electron chi connectivity index (χ0n) is 8.58. The summed E-state index contributed by atoms with van der Waals surface area (Å²) in [4.78, 5) is 0. The van der Waals surface area contributed by atoms with Crippen LogP contribution in [0.4, 0.5) is 0 Å². The molecule has 0 atom stereocenters. The standard InChI is InChI=1S/C12H4Cl6/c13-6-4-2-1-3-5(6)7-8(14)10(16)12(18)11(17)9(7)15/h1-4H. The lowest BCUT2D eigenvalue weighted by Gasteiger charge is -2.13. The Morgan fingerprint density at radius 1 is 0.556 bits per heavy atom. The Kier molecular flexibility index (Phi) is 4.59.